The lowest BCUT2D eigenvalue weighted by Gasteiger charge is -2.35. The van der Waals surface area contributed by atoms with Crippen molar-refractivity contribution < 1.29 is 23.1 Å². The van der Waals surface area contributed by atoms with Gasteiger partial charge in [0.15, 0.2) is 0 Å². The van der Waals surface area contributed by atoms with Gasteiger partial charge < -0.3 is 9.84 Å². The van der Waals surface area contributed by atoms with Crippen LogP contribution in [0.15, 0.2) is 24.3 Å². The van der Waals surface area contributed by atoms with Gasteiger partial charge in [-0.3, -0.25) is 9.69 Å². The van der Waals surface area contributed by atoms with Gasteiger partial charge in [0.25, 0.3) is 0 Å². The van der Waals surface area contributed by atoms with Crippen molar-refractivity contribution in [2.45, 2.75) is 19.6 Å². The molecule has 1 aliphatic rings. The number of halogens is 1. The number of sulfonamides is 1. The van der Waals surface area contributed by atoms with Gasteiger partial charge in [-0.15, -0.1) is 12.4 Å². The molecule has 1 atom stereocenters. The van der Waals surface area contributed by atoms with Crippen molar-refractivity contribution in [3.05, 3.63) is 35.4 Å². The van der Waals surface area contributed by atoms with Gasteiger partial charge in [0.1, 0.15) is 6.54 Å². The number of carboxylic acids is 1. The van der Waals surface area contributed by atoms with Crippen LogP contribution in [-0.2, 0) is 26.1 Å². The molecule has 1 saturated heterocycles. The van der Waals surface area contributed by atoms with Crippen molar-refractivity contribution in [2.24, 2.45) is 0 Å². The Labute approximate surface area is 155 Å². The van der Waals surface area contributed by atoms with Crippen LogP contribution in [-0.4, -0.2) is 73.8 Å². The first-order valence-corrected chi connectivity index (χ1v) is 9.66. The zero-order valence-corrected chi connectivity index (χ0v) is 16.1. The summed E-state index contributed by atoms with van der Waals surface area (Å²) < 4.78 is 30.1. The Morgan fingerprint density at radius 2 is 2.08 bits per heavy atom. The maximum Gasteiger partial charge on any atom is 0.318 e. The third-order valence-corrected chi connectivity index (χ3v) is 5.28. The van der Waals surface area contributed by atoms with E-state index in [1.54, 1.807) is 0 Å². The van der Waals surface area contributed by atoms with Gasteiger partial charge in [0, 0.05) is 26.2 Å². The van der Waals surface area contributed by atoms with Crippen LogP contribution in [0.1, 0.15) is 11.1 Å². The smallest absolute Gasteiger partial charge is 0.318 e. The number of ether oxygens (including phenoxy) is 1. The van der Waals surface area contributed by atoms with Gasteiger partial charge in [-0.1, -0.05) is 24.3 Å². The summed E-state index contributed by atoms with van der Waals surface area (Å²) in [6.07, 6.45) is 0.681. The molecule has 1 unspecified atom stereocenters. The highest BCUT2D eigenvalue weighted by Gasteiger charge is 2.28. The van der Waals surface area contributed by atoms with Crippen LogP contribution in [0.3, 0.4) is 0 Å². The number of aliphatic carboxylic acids is 1. The van der Waals surface area contributed by atoms with E-state index in [9.17, 15) is 13.2 Å². The Morgan fingerprint density at radius 3 is 2.68 bits per heavy atom. The van der Waals surface area contributed by atoms with E-state index in [0.717, 1.165) is 23.7 Å². The van der Waals surface area contributed by atoms with E-state index in [4.69, 9.17) is 9.84 Å². The average Bonchev–Trinajstić information content (AvgIpc) is 2.48. The molecule has 1 fully saturated rings. The maximum absolute atomic E-state index is 11.8. The fraction of sp³-hybridized carbons (Fsp3) is 0.562. The number of aryl methyl sites for hydroxylation is 1. The molecule has 0 aromatic heterocycles. The zero-order chi connectivity index (χ0) is 17.7. The van der Waals surface area contributed by atoms with Gasteiger partial charge in [0.05, 0.1) is 19.0 Å². The van der Waals surface area contributed by atoms with Crippen molar-refractivity contribution in [2.75, 3.05) is 39.0 Å². The Bertz CT molecular complexity index is 683. The van der Waals surface area contributed by atoms with Crippen LogP contribution in [0.2, 0.25) is 0 Å². The molecule has 1 aliphatic heterocycles. The first-order valence-electron chi connectivity index (χ1n) is 7.81. The first kappa shape index (κ1) is 21.9. The summed E-state index contributed by atoms with van der Waals surface area (Å²) in [6.45, 7) is 4.17. The summed E-state index contributed by atoms with van der Waals surface area (Å²) in [6, 6.07) is 8.13. The van der Waals surface area contributed by atoms with Gasteiger partial charge in [0.2, 0.25) is 10.0 Å². The minimum Gasteiger partial charge on any atom is -0.480 e. The summed E-state index contributed by atoms with van der Waals surface area (Å²) in [7, 11) is -3.59. The molecule has 2 rings (SSSR count). The molecule has 142 valence electrons. The fourth-order valence-electron chi connectivity index (χ4n) is 2.76. The Hall–Kier alpha value is -1.19. The molecule has 1 aromatic carbocycles. The van der Waals surface area contributed by atoms with Gasteiger partial charge in [-0.05, 0) is 18.1 Å². The van der Waals surface area contributed by atoms with Crippen LogP contribution in [0.25, 0.3) is 0 Å². The van der Waals surface area contributed by atoms with Crippen LogP contribution >= 0.6 is 12.4 Å². The van der Waals surface area contributed by atoms with Crippen molar-refractivity contribution in [3.63, 3.8) is 0 Å². The number of hydrogen-bond acceptors (Lipinski definition) is 5. The fourth-order valence-corrected chi connectivity index (χ4v) is 3.54. The second kappa shape index (κ2) is 9.49. The molecule has 0 aliphatic carbocycles. The van der Waals surface area contributed by atoms with E-state index in [-0.39, 0.29) is 25.1 Å². The van der Waals surface area contributed by atoms with Crippen molar-refractivity contribution >= 4 is 28.4 Å². The third-order valence-electron chi connectivity index (χ3n) is 4.07. The number of benzene rings is 1. The van der Waals surface area contributed by atoms with Crippen LogP contribution in [0, 0.1) is 6.92 Å². The van der Waals surface area contributed by atoms with E-state index in [1.165, 1.54) is 11.1 Å². The molecule has 9 heteroatoms. The SMILES string of the molecule is Cc1ccccc1CN1CCOC(CN(CC(=O)O)S(C)(=O)=O)C1.Cl. The van der Waals surface area contributed by atoms with E-state index in [1.807, 2.05) is 12.1 Å². The predicted molar refractivity (Wildman–Crippen MR) is 97.5 cm³/mol. The van der Waals surface area contributed by atoms with E-state index >= 15 is 0 Å². The largest absolute Gasteiger partial charge is 0.480 e. The van der Waals surface area contributed by atoms with Crippen LogP contribution in [0.4, 0.5) is 0 Å². The molecule has 0 spiro atoms. The second-order valence-electron chi connectivity index (χ2n) is 6.10. The predicted octanol–water partition coefficient (Wildman–Crippen LogP) is 0.964. The Balaban J connectivity index is 0.00000312. The number of carboxylic acid groups (broad SMARTS) is 1. The van der Waals surface area contributed by atoms with E-state index < -0.39 is 22.5 Å². The standard InChI is InChI=1S/C16H24N2O5S.ClH/c1-13-5-3-4-6-14(13)9-17-7-8-23-15(10-17)11-18(12-16(19)20)24(2,21)22;/h3-6,15H,7-12H2,1-2H3,(H,19,20);1H. The van der Waals surface area contributed by atoms with Gasteiger partial charge in [-0.2, -0.15) is 4.31 Å². The average molecular weight is 393 g/mol. The summed E-state index contributed by atoms with van der Waals surface area (Å²) in [5.74, 6) is -1.17. The lowest BCUT2D eigenvalue weighted by molar-refractivity contribution is -0.137. The van der Waals surface area contributed by atoms with Gasteiger partial charge in [-0.25, -0.2) is 8.42 Å². The summed E-state index contributed by atoms with van der Waals surface area (Å²) >= 11 is 0. The molecule has 0 saturated carbocycles. The molecule has 1 N–H and O–H groups in total. The molecule has 7 nitrogen and oxygen atoms in total. The van der Waals surface area contributed by atoms with E-state index in [0.29, 0.717) is 13.2 Å². The molecular weight excluding hydrogens is 368 g/mol. The molecular formula is C16H25ClN2O5S. The summed E-state index contributed by atoms with van der Waals surface area (Å²) in [5.41, 5.74) is 2.44. The third kappa shape index (κ3) is 6.91. The second-order valence-corrected chi connectivity index (χ2v) is 8.09. The van der Waals surface area contributed by atoms with Gasteiger partial charge >= 0.3 is 5.97 Å². The molecule has 0 radical (unpaired) electrons. The maximum atomic E-state index is 11.8. The monoisotopic (exact) mass is 392 g/mol. The number of nitrogens with zero attached hydrogens (tertiary/aromatic N) is 2. The molecule has 1 aromatic rings. The van der Waals surface area contributed by atoms with Crippen LogP contribution < -0.4 is 0 Å². The highest BCUT2D eigenvalue weighted by Crippen LogP contribution is 2.15. The quantitative estimate of drug-likeness (QED) is 0.743. The number of morpholine rings is 1. The Kier molecular flexibility index (Phi) is 8.30. The lowest BCUT2D eigenvalue weighted by Crippen LogP contribution is -2.49. The highest BCUT2D eigenvalue weighted by atomic mass is 35.5. The highest BCUT2D eigenvalue weighted by molar-refractivity contribution is 7.88. The molecule has 1 heterocycles. The van der Waals surface area contributed by atoms with Crippen LogP contribution in [0.5, 0.6) is 0 Å². The van der Waals surface area contributed by atoms with Crippen molar-refractivity contribution in [1.82, 2.24) is 9.21 Å². The van der Waals surface area contributed by atoms with Crippen molar-refractivity contribution in [1.29, 1.82) is 0 Å². The van der Waals surface area contributed by atoms with E-state index in [2.05, 4.69) is 24.0 Å². The normalized spacial score (nSPS) is 18.8. The summed E-state index contributed by atoms with van der Waals surface area (Å²) in [5, 5.41) is 8.90. The zero-order valence-electron chi connectivity index (χ0n) is 14.4. The number of carbonyl (C=O) groups is 1. The topological polar surface area (TPSA) is 87.2 Å². The minimum atomic E-state index is -3.59. The molecule has 25 heavy (non-hydrogen) atoms. The first-order chi connectivity index (χ1) is 11.3. The lowest BCUT2D eigenvalue weighted by atomic mass is 10.1. The molecule has 0 bridgehead atoms. The van der Waals surface area contributed by atoms with Crippen molar-refractivity contribution in [3.8, 4) is 0 Å². The summed E-state index contributed by atoms with van der Waals surface area (Å²) in [4.78, 5) is 13.1. The number of hydrogen-bond donors (Lipinski definition) is 1. The number of rotatable bonds is 7. The molecule has 0 amide bonds. The minimum absolute atomic E-state index is 0. The Morgan fingerprint density at radius 1 is 1.40 bits per heavy atom.